The van der Waals surface area contributed by atoms with E-state index < -0.39 is 23.4 Å². The molecule has 0 atom stereocenters. The number of hydrogen-bond acceptors (Lipinski definition) is 2. The van der Waals surface area contributed by atoms with Gasteiger partial charge in [0.2, 0.25) is 5.91 Å². The van der Waals surface area contributed by atoms with Crippen molar-refractivity contribution in [3.63, 3.8) is 0 Å². The zero-order valence-corrected chi connectivity index (χ0v) is 9.01. The molecule has 2 amide bonds. The highest BCUT2D eigenvalue weighted by atomic mass is 19.1. The van der Waals surface area contributed by atoms with E-state index in [0.717, 1.165) is 18.2 Å². The minimum absolute atomic E-state index is 0.0528. The largest absolute Gasteiger partial charge is 0.292 e. The lowest BCUT2D eigenvalue weighted by Crippen LogP contribution is -2.19. The van der Waals surface area contributed by atoms with Gasteiger partial charge < -0.3 is 0 Å². The van der Waals surface area contributed by atoms with Crippen molar-refractivity contribution < 1.29 is 18.4 Å². The molecule has 1 aromatic carbocycles. The highest BCUT2D eigenvalue weighted by Crippen LogP contribution is 2.24. The van der Waals surface area contributed by atoms with E-state index >= 15 is 0 Å². The van der Waals surface area contributed by atoms with Crippen LogP contribution in [0.1, 0.15) is 18.9 Å². The maximum absolute atomic E-state index is 13.0. The minimum atomic E-state index is -0.718. The van der Waals surface area contributed by atoms with Crippen LogP contribution in [-0.2, 0) is 9.59 Å². The van der Waals surface area contributed by atoms with Gasteiger partial charge in [0.05, 0.1) is 6.42 Å². The summed E-state index contributed by atoms with van der Waals surface area (Å²) in [4.78, 5) is 22.4. The first-order valence-electron chi connectivity index (χ1n) is 4.98. The molecule has 0 aliphatic carbocycles. The van der Waals surface area contributed by atoms with Crippen molar-refractivity contribution >= 4 is 17.4 Å². The number of halogens is 2. The molecule has 1 N–H and O–H groups in total. The van der Waals surface area contributed by atoms with Gasteiger partial charge in [-0.1, -0.05) is 0 Å². The summed E-state index contributed by atoms with van der Waals surface area (Å²) in [5.74, 6) is -2.34. The lowest BCUT2D eigenvalue weighted by Gasteiger charge is -2.05. The Morgan fingerprint density at radius 2 is 1.76 bits per heavy atom. The van der Waals surface area contributed by atoms with Crippen molar-refractivity contribution in [3.05, 3.63) is 41.0 Å². The second-order valence-electron chi connectivity index (χ2n) is 3.82. The Balaban J connectivity index is 2.49. The number of hydrogen-bond donors (Lipinski definition) is 1. The second kappa shape index (κ2) is 4.08. The zero-order valence-electron chi connectivity index (χ0n) is 9.01. The van der Waals surface area contributed by atoms with Gasteiger partial charge >= 0.3 is 0 Å². The molecule has 0 bridgehead atoms. The fourth-order valence-corrected chi connectivity index (χ4v) is 1.73. The van der Waals surface area contributed by atoms with Gasteiger partial charge in [0, 0.05) is 11.6 Å². The Bertz CT molecular complexity index is 529. The first kappa shape index (κ1) is 11.4. The van der Waals surface area contributed by atoms with Crippen LogP contribution in [0.25, 0.3) is 5.57 Å². The first-order valence-corrected chi connectivity index (χ1v) is 4.98. The van der Waals surface area contributed by atoms with Crippen LogP contribution in [0, 0.1) is 11.6 Å². The third kappa shape index (κ3) is 2.22. The van der Waals surface area contributed by atoms with Gasteiger partial charge in [-0.2, -0.15) is 0 Å². The van der Waals surface area contributed by atoms with E-state index in [-0.39, 0.29) is 17.6 Å². The number of rotatable bonds is 1. The summed E-state index contributed by atoms with van der Waals surface area (Å²) in [7, 11) is 0. The van der Waals surface area contributed by atoms with Gasteiger partial charge in [-0.25, -0.2) is 8.78 Å². The fraction of sp³-hybridized carbons (Fsp3) is 0.167. The average Bonchev–Trinajstić information content (AvgIpc) is 2.55. The van der Waals surface area contributed by atoms with Crippen LogP contribution in [0.5, 0.6) is 0 Å². The number of carbonyl (C=O) groups is 2. The molecule has 0 saturated carbocycles. The maximum Gasteiger partial charge on any atom is 0.254 e. The zero-order chi connectivity index (χ0) is 12.6. The molecule has 1 fully saturated rings. The number of allylic oxidation sites excluding steroid dienone is 1. The van der Waals surface area contributed by atoms with Crippen LogP contribution in [0.2, 0.25) is 0 Å². The normalized spacial score (nSPS) is 18.3. The Morgan fingerprint density at radius 1 is 1.18 bits per heavy atom. The van der Waals surface area contributed by atoms with Gasteiger partial charge in [0.1, 0.15) is 11.6 Å². The summed E-state index contributed by atoms with van der Waals surface area (Å²) in [6.45, 7) is 1.56. The van der Waals surface area contributed by atoms with E-state index in [4.69, 9.17) is 0 Å². The Hall–Kier alpha value is -2.04. The lowest BCUT2D eigenvalue weighted by atomic mass is 10.00. The van der Waals surface area contributed by atoms with E-state index in [2.05, 4.69) is 5.32 Å². The molecule has 0 radical (unpaired) electrons. The van der Waals surface area contributed by atoms with Crippen molar-refractivity contribution in [2.45, 2.75) is 13.3 Å². The Morgan fingerprint density at radius 3 is 2.24 bits per heavy atom. The second-order valence-corrected chi connectivity index (χ2v) is 3.82. The van der Waals surface area contributed by atoms with Crippen molar-refractivity contribution in [3.8, 4) is 0 Å². The van der Waals surface area contributed by atoms with Gasteiger partial charge in [0.25, 0.3) is 5.91 Å². The predicted molar refractivity (Wildman–Crippen MR) is 56.7 cm³/mol. The van der Waals surface area contributed by atoms with Crippen LogP contribution in [0.3, 0.4) is 0 Å². The molecular formula is C12H9F2NO2. The molecule has 3 nitrogen and oxygen atoms in total. The van der Waals surface area contributed by atoms with E-state index in [0.29, 0.717) is 5.57 Å². The van der Waals surface area contributed by atoms with E-state index in [1.54, 1.807) is 6.92 Å². The molecule has 0 unspecified atom stereocenters. The van der Waals surface area contributed by atoms with Crippen LogP contribution in [0.15, 0.2) is 23.8 Å². The predicted octanol–water partition coefficient (Wildman–Crippen LogP) is 1.78. The summed E-state index contributed by atoms with van der Waals surface area (Å²) in [6.07, 6.45) is -0.0528. The molecule has 1 aliphatic rings. The summed E-state index contributed by atoms with van der Waals surface area (Å²) in [6, 6.07) is 3.00. The highest BCUT2D eigenvalue weighted by Gasteiger charge is 2.26. The van der Waals surface area contributed by atoms with Gasteiger partial charge in [-0.3, -0.25) is 14.9 Å². The molecule has 88 valence electrons. The van der Waals surface area contributed by atoms with Crippen molar-refractivity contribution in [2.75, 3.05) is 0 Å². The van der Waals surface area contributed by atoms with Crippen molar-refractivity contribution in [2.24, 2.45) is 0 Å². The maximum atomic E-state index is 13.0. The summed E-state index contributed by atoms with van der Waals surface area (Å²) >= 11 is 0. The summed E-state index contributed by atoms with van der Waals surface area (Å²) in [5, 5.41) is 2.12. The van der Waals surface area contributed by atoms with E-state index in [1.165, 1.54) is 0 Å². The smallest absolute Gasteiger partial charge is 0.254 e. The van der Waals surface area contributed by atoms with Crippen molar-refractivity contribution in [1.29, 1.82) is 0 Å². The van der Waals surface area contributed by atoms with Crippen LogP contribution in [0.4, 0.5) is 8.78 Å². The van der Waals surface area contributed by atoms with Gasteiger partial charge in [-0.15, -0.1) is 0 Å². The summed E-state index contributed by atoms with van der Waals surface area (Å²) < 4.78 is 26.0. The molecule has 1 aliphatic heterocycles. The Kier molecular flexibility index (Phi) is 2.75. The number of imide groups is 1. The monoisotopic (exact) mass is 237 g/mol. The molecule has 17 heavy (non-hydrogen) atoms. The van der Waals surface area contributed by atoms with Crippen LogP contribution < -0.4 is 5.32 Å². The van der Waals surface area contributed by atoms with Crippen molar-refractivity contribution in [1.82, 2.24) is 5.32 Å². The molecule has 0 aromatic heterocycles. The molecule has 0 spiro atoms. The lowest BCUT2D eigenvalue weighted by molar-refractivity contribution is -0.124. The van der Waals surface area contributed by atoms with E-state index in [9.17, 15) is 18.4 Å². The fourth-order valence-electron chi connectivity index (χ4n) is 1.73. The number of carbonyl (C=O) groups excluding carboxylic acids is 2. The third-order valence-corrected chi connectivity index (χ3v) is 2.61. The molecule has 5 heteroatoms. The highest BCUT2D eigenvalue weighted by molar-refractivity contribution is 6.17. The topological polar surface area (TPSA) is 46.2 Å². The SMILES string of the molecule is CC(=C1CC(=O)NC1=O)c1cc(F)cc(F)c1. The summed E-state index contributed by atoms with van der Waals surface area (Å²) in [5.41, 5.74) is 0.925. The van der Waals surface area contributed by atoms with E-state index in [1.807, 2.05) is 0 Å². The number of nitrogens with one attached hydrogen (secondary N) is 1. The molecule has 2 rings (SSSR count). The quantitative estimate of drug-likeness (QED) is 0.597. The first-order chi connectivity index (χ1) is 7.97. The minimum Gasteiger partial charge on any atom is -0.292 e. The average molecular weight is 237 g/mol. The number of amides is 2. The van der Waals surface area contributed by atoms with Crippen LogP contribution >= 0.6 is 0 Å². The van der Waals surface area contributed by atoms with Crippen LogP contribution in [-0.4, -0.2) is 11.8 Å². The molecule has 1 saturated heterocycles. The molecular weight excluding hydrogens is 228 g/mol. The standard InChI is InChI=1S/C12H9F2NO2/c1-6(10-5-11(16)15-12(10)17)7-2-8(13)4-9(14)3-7/h2-4H,5H2,1H3,(H,15,16,17). The third-order valence-electron chi connectivity index (χ3n) is 2.61. The number of benzene rings is 1. The Labute approximate surface area is 96.1 Å². The molecule has 1 heterocycles. The molecule has 1 aromatic rings. The van der Waals surface area contributed by atoms with Gasteiger partial charge in [0.15, 0.2) is 0 Å². The van der Waals surface area contributed by atoms with Gasteiger partial charge in [-0.05, 0) is 30.2 Å².